The highest BCUT2D eigenvalue weighted by Gasteiger charge is 2.13. The number of hydrogen-bond donors (Lipinski definition) is 1. The van der Waals surface area contributed by atoms with Gasteiger partial charge in [-0.15, -0.1) is 0 Å². The average Bonchev–Trinajstić information content (AvgIpc) is 3.42. The summed E-state index contributed by atoms with van der Waals surface area (Å²) in [7, 11) is 1.29. The molecule has 1 aromatic carbocycles. The van der Waals surface area contributed by atoms with Crippen LogP contribution >= 0.6 is 11.3 Å². The van der Waals surface area contributed by atoms with Gasteiger partial charge in [0.1, 0.15) is 0 Å². The first-order chi connectivity index (χ1) is 14.0. The molecule has 2 aromatic heterocycles. The van der Waals surface area contributed by atoms with E-state index >= 15 is 0 Å². The Kier molecular flexibility index (Phi) is 6.69. The van der Waals surface area contributed by atoms with Gasteiger partial charge < -0.3 is 19.3 Å². The number of aromatic nitrogens is 2. The van der Waals surface area contributed by atoms with E-state index in [4.69, 9.17) is 9.26 Å². The van der Waals surface area contributed by atoms with E-state index in [9.17, 15) is 14.4 Å². The van der Waals surface area contributed by atoms with Crippen LogP contribution in [0.1, 0.15) is 22.7 Å². The molecule has 0 saturated heterocycles. The lowest BCUT2D eigenvalue weighted by molar-refractivity contribution is -0.147. The number of nitrogens with zero attached hydrogens (tertiary/aromatic N) is 2. The smallest absolute Gasteiger partial charge is 0.337 e. The predicted octanol–water partition coefficient (Wildman–Crippen LogP) is 2.70. The fraction of sp³-hybridized carbons (Fsp3) is 0.211. The van der Waals surface area contributed by atoms with Crippen molar-refractivity contribution in [3.63, 3.8) is 0 Å². The second kappa shape index (κ2) is 9.60. The molecule has 0 aliphatic carbocycles. The number of aryl methyl sites for hydroxylation is 1. The van der Waals surface area contributed by atoms with E-state index in [0.717, 1.165) is 5.56 Å². The van der Waals surface area contributed by atoms with E-state index in [1.807, 2.05) is 16.8 Å². The first kappa shape index (κ1) is 20.2. The minimum absolute atomic E-state index is 0.00633. The highest BCUT2D eigenvalue weighted by atomic mass is 32.1. The van der Waals surface area contributed by atoms with Crippen molar-refractivity contribution in [1.82, 2.24) is 10.1 Å². The lowest BCUT2D eigenvalue weighted by atomic mass is 10.2. The van der Waals surface area contributed by atoms with Crippen LogP contribution in [0, 0.1) is 0 Å². The van der Waals surface area contributed by atoms with Gasteiger partial charge in [0.2, 0.25) is 11.7 Å². The van der Waals surface area contributed by atoms with Crippen LogP contribution in [-0.4, -0.2) is 41.7 Å². The van der Waals surface area contributed by atoms with E-state index in [2.05, 4.69) is 20.2 Å². The molecule has 0 bridgehead atoms. The van der Waals surface area contributed by atoms with Crippen LogP contribution in [0.25, 0.3) is 11.4 Å². The summed E-state index contributed by atoms with van der Waals surface area (Å²) in [6, 6.07) is 8.00. The zero-order valence-corrected chi connectivity index (χ0v) is 16.2. The maximum atomic E-state index is 11.9. The molecule has 0 aliphatic rings. The second-order valence-corrected chi connectivity index (χ2v) is 6.58. The molecule has 150 valence electrons. The van der Waals surface area contributed by atoms with Gasteiger partial charge in [-0.3, -0.25) is 9.59 Å². The number of esters is 2. The van der Waals surface area contributed by atoms with Gasteiger partial charge in [-0.2, -0.15) is 16.3 Å². The van der Waals surface area contributed by atoms with Crippen molar-refractivity contribution in [2.45, 2.75) is 12.8 Å². The average molecular weight is 415 g/mol. The van der Waals surface area contributed by atoms with E-state index in [1.54, 1.807) is 12.1 Å². The summed E-state index contributed by atoms with van der Waals surface area (Å²) in [6.07, 6.45) is 0.221. The molecular formula is C19H17N3O6S. The molecular weight excluding hydrogens is 398 g/mol. The zero-order chi connectivity index (χ0) is 20.6. The summed E-state index contributed by atoms with van der Waals surface area (Å²) in [6.45, 7) is -0.429. The Labute approximate surface area is 169 Å². The van der Waals surface area contributed by atoms with Gasteiger partial charge in [0.05, 0.1) is 19.1 Å². The van der Waals surface area contributed by atoms with Crippen LogP contribution in [0.15, 0.2) is 45.6 Å². The van der Waals surface area contributed by atoms with Gasteiger partial charge in [-0.05, 0) is 35.7 Å². The summed E-state index contributed by atoms with van der Waals surface area (Å²) in [5.74, 6) is -0.746. The van der Waals surface area contributed by atoms with Crippen LogP contribution in [0.5, 0.6) is 0 Å². The zero-order valence-electron chi connectivity index (χ0n) is 15.4. The van der Waals surface area contributed by atoms with Gasteiger partial charge >= 0.3 is 11.9 Å². The van der Waals surface area contributed by atoms with Gasteiger partial charge in [-0.25, -0.2) is 4.79 Å². The van der Waals surface area contributed by atoms with Crippen LogP contribution in [0.4, 0.5) is 5.69 Å². The highest BCUT2D eigenvalue weighted by molar-refractivity contribution is 7.08. The lowest BCUT2D eigenvalue weighted by Gasteiger charge is -2.07. The summed E-state index contributed by atoms with van der Waals surface area (Å²) in [4.78, 5) is 39.3. The van der Waals surface area contributed by atoms with Crippen molar-refractivity contribution in [3.8, 4) is 11.4 Å². The monoisotopic (exact) mass is 415 g/mol. The van der Waals surface area contributed by atoms with Crippen molar-refractivity contribution in [3.05, 3.63) is 52.5 Å². The molecule has 1 N–H and O–H groups in total. The maximum absolute atomic E-state index is 11.9. The Balaban J connectivity index is 1.40. The molecule has 1 amide bonds. The summed E-state index contributed by atoms with van der Waals surface area (Å²) >= 11 is 1.52. The number of anilines is 1. The summed E-state index contributed by atoms with van der Waals surface area (Å²) in [5, 5.41) is 10.2. The normalized spacial score (nSPS) is 10.4. The number of carbonyl (C=O) groups excluding carboxylic acids is 3. The van der Waals surface area contributed by atoms with Crippen LogP contribution in [0.2, 0.25) is 0 Å². The molecule has 2 heterocycles. The molecule has 0 unspecified atom stereocenters. The fourth-order valence-electron chi connectivity index (χ4n) is 2.30. The van der Waals surface area contributed by atoms with E-state index in [-0.39, 0.29) is 12.8 Å². The van der Waals surface area contributed by atoms with Gasteiger partial charge in [0, 0.05) is 23.1 Å². The molecule has 0 atom stereocenters. The van der Waals surface area contributed by atoms with E-state index in [1.165, 1.54) is 30.6 Å². The Bertz CT molecular complexity index is 982. The summed E-state index contributed by atoms with van der Waals surface area (Å²) in [5.41, 5.74) is 1.68. The molecule has 10 heteroatoms. The van der Waals surface area contributed by atoms with Gasteiger partial charge in [0.15, 0.2) is 6.61 Å². The Morgan fingerprint density at radius 2 is 1.97 bits per heavy atom. The third-order valence-electron chi connectivity index (χ3n) is 3.74. The Morgan fingerprint density at radius 1 is 1.17 bits per heavy atom. The van der Waals surface area contributed by atoms with E-state index < -0.39 is 24.5 Å². The number of amides is 1. The second-order valence-electron chi connectivity index (χ2n) is 5.80. The molecule has 0 saturated carbocycles. The van der Waals surface area contributed by atoms with Crippen molar-refractivity contribution < 1.29 is 28.4 Å². The predicted molar refractivity (Wildman–Crippen MR) is 103 cm³/mol. The number of ether oxygens (including phenoxy) is 2. The van der Waals surface area contributed by atoms with Gasteiger partial charge in [-0.1, -0.05) is 5.16 Å². The first-order valence-electron chi connectivity index (χ1n) is 8.54. The molecule has 0 aliphatic heterocycles. The lowest BCUT2D eigenvalue weighted by Crippen LogP contribution is -2.21. The summed E-state index contributed by atoms with van der Waals surface area (Å²) < 4.78 is 14.6. The van der Waals surface area contributed by atoms with Crippen LogP contribution in [0.3, 0.4) is 0 Å². The molecule has 0 radical (unpaired) electrons. The number of methoxy groups -OCH3 is 1. The number of thiophene rings is 1. The molecule has 29 heavy (non-hydrogen) atoms. The highest BCUT2D eigenvalue weighted by Crippen LogP contribution is 2.19. The number of benzene rings is 1. The number of nitrogens with one attached hydrogen (secondary N) is 1. The molecule has 0 fully saturated rings. The molecule has 3 rings (SSSR count). The molecule has 3 aromatic rings. The van der Waals surface area contributed by atoms with Crippen molar-refractivity contribution >= 4 is 34.9 Å². The third-order valence-corrected chi connectivity index (χ3v) is 4.43. The fourth-order valence-corrected chi connectivity index (χ4v) is 2.93. The van der Waals surface area contributed by atoms with Crippen LogP contribution < -0.4 is 5.32 Å². The third kappa shape index (κ3) is 5.72. The van der Waals surface area contributed by atoms with Crippen molar-refractivity contribution in [1.29, 1.82) is 0 Å². The number of carbonyl (C=O) groups is 3. The van der Waals surface area contributed by atoms with E-state index in [0.29, 0.717) is 23.0 Å². The maximum Gasteiger partial charge on any atom is 0.337 e. The Hall–Kier alpha value is -3.53. The largest absolute Gasteiger partial charge is 0.465 e. The quantitative estimate of drug-likeness (QED) is 0.558. The molecule has 9 nitrogen and oxygen atoms in total. The van der Waals surface area contributed by atoms with Crippen molar-refractivity contribution in [2.24, 2.45) is 0 Å². The standard InChI is InChI=1S/C19H17N3O6S/c1-26-19(25)12-2-4-14(5-3-12)20-15(23)10-27-17(24)7-6-16-21-18(22-28-16)13-8-9-29-11-13/h2-5,8-9,11H,6-7,10H2,1H3,(H,20,23). The van der Waals surface area contributed by atoms with Crippen molar-refractivity contribution in [2.75, 3.05) is 19.0 Å². The SMILES string of the molecule is COC(=O)c1ccc(NC(=O)COC(=O)CCc2nc(-c3ccsc3)no2)cc1. The first-order valence-corrected chi connectivity index (χ1v) is 9.48. The van der Waals surface area contributed by atoms with Gasteiger partial charge in [0.25, 0.3) is 5.91 Å². The number of hydrogen-bond acceptors (Lipinski definition) is 9. The topological polar surface area (TPSA) is 121 Å². The Morgan fingerprint density at radius 3 is 2.66 bits per heavy atom. The van der Waals surface area contributed by atoms with Crippen LogP contribution in [-0.2, 0) is 25.5 Å². The number of rotatable bonds is 8. The minimum atomic E-state index is -0.559. The minimum Gasteiger partial charge on any atom is -0.465 e. The molecule has 0 spiro atoms.